The molecule has 0 spiro atoms. The highest BCUT2D eigenvalue weighted by Crippen LogP contribution is 2.18. The Bertz CT molecular complexity index is 807. The lowest BCUT2D eigenvalue weighted by atomic mass is 10.0. The van der Waals surface area contributed by atoms with Gasteiger partial charge in [-0.3, -0.25) is 9.59 Å². The molecule has 1 heterocycles. The minimum atomic E-state index is -4.50. The maximum absolute atomic E-state index is 12.2. The number of hydrogen-bond donors (Lipinski definition) is 2. The summed E-state index contributed by atoms with van der Waals surface area (Å²) in [7, 11) is 0. The second kappa shape index (κ2) is 8.52. The largest absolute Gasteiger partial charge is 0.481 e. The lowest BCUT2D eigenvalue weighted by Crippen LogP contribution is -2.20. The maximum Gasteiger partial charge on any atom is 0.422 e. The number of aliphatic carboxylic acids is 1. The van der Waals surface area contributed by atoms with E-state index in [1.807, 2.05) is 0 Å². The van der Waals surface area contributed by atoms with Crippen molar-refractivity contribution in [2.75, 3.05) is 11.9 Å². The van der Waals surface area contributed by atoms with Crippen LogP contribution in [0, 0.1) is 5.92 Å². The second-order valence-corrected chi connectivity index (χ2v) is 5.86. The average Bonchev–Trinajstić information content (AvgIpc) is 2.61. The first-order chi connectivity index (χ1) is 12.6. The highest BCUT2D eigenvalue weighted by molar-refractivity contribution is 6.02. The van der Waals surface area contributed by atoms with Crippen molar-refractivity contribution in [2.45, 2.75) is 19.5 Å². The van der Waals surface area contributed by atoms with Gasteiger partial charge in [-0.1, -0.05) is 25.1 Å². The van der Waals surface area contributed by atoms with E-state index in [0.717, 1.165) is 5.56 Å². The molecule has 0 aliphatic carbocycles. The van der Waals surface area contributed by atoms with Gasteiger partial charge in [0.05, 0.1) is 5.92 Å². The van der Waals surface area contributed by atoms with E-state index in [4.69, 9.17) is 5.11 Å². The summed E-state index contributed by atoms with van der Waals surface area (Å²) in [6.07, 6.45) is -4.15. The number of nitrogens with one attached hydrogen (secondary N) is 1. The first-order valence-corrected chi connectivity index (χ1v) is 7.94. The Kier molecular flexibility index (Phi) is 6.38. The molecule has 144 valence electrons. The fourth-order valence-corrected chi connectivity index (χ4v) is 2.14. The van der Waals surface area contributed by atoms with Crippen molar-refractivity contribution in [2.24, 2.45) is 5.92 Å². The Morgan fingerprint density at radius 1 is 1.19 bits per heavy atom. The zero-order chi connectivity index (χ0) is 20.0. The first-order valence-electron chi connectivity index (χ1n) is 7.94. The normalized spacial score (nSPS) is 12.3. The molecule has 1 amide bonds. The molecule has 0 radical (unpaired) electrons. The number of carboxylic acid groups (broad SMARTS) is 1. The lowest BCUT2D eigenvalue weighted by Gasteiger charge is -2.10. The number of amides is 1. The molecular weight excluding hydrogens is 365 g/mol. The van der Waals surface area contributed by atoms with Gasteiger partial charge in [0.1, 0.15) is 5.69 Å². The highest BCUT2D eigenvalue weighted by Gasteiger charge is 2.28. The molecule has 1 aromatic heterocycles. The number of carboxylic acids is 1. The summed E-state index contributed by atoms with van der Waals surface area (Å²) < 4.78 is 41.1. The third-order valence-electron chi connectivity index (χ3n) is 3.52. The van der Waals surface area contributed by atoms with E-state index in [2.05, 4.69) is 15.0 Å². The minimum Gasteiger partial charge on any atom is -0.481 e. The molecule has 0 aliphatic rings. The molecule has 1 unspecified atom stereocenters. The minimum absolute atomic E-state index is 0.0988. The Balaban J connectivity index is 1.99. The van der Waals surface area contributed by atoms with Crippen LogP contribution in [0.2, 0.25) is 0 Å². The number of anilines is 1. The van der Waals surface area contributed by atoms with Crippen molar-refractivity contribution in [3.8, 4) is 5.88 Å². The lowest BCUT2D eigenvalue weighted by molar-refractivity contribution is -0.154. The molecular formula is C18H17F3N2O4. The third-order valence-corrected chi connectivity index (χ3v) is 3.52. The Hall–Kier alpha value is -3.10. The van der Waals surface area contributed by atoms with Crippen LogP contribution in [0.25, 0.3) is 0 Å². The number of halogens is 3. The number of nitrogens with zero attached hydrogens (tertiary/aromatic N) is 1. The second-order valence-electron chi connectivity index (χ2n) is 5.86. The van der Waals surface area contributed by atoms with E-state index in [1.54, 1.807) is 31.2 Å². The Morgan fingerprint density at radius 3 is 2.44 bits per heavy atom. The van der Waals surface area contributed by atoms with Gasteiger partial charge in [-0.05, 0) is 30.2 Å². The van der Waals surface area contributed by atoms with Gasteiger partial charge in [0.15, 0.2) is 6.61 Å². The molecule has 2 aromatic rings. The smallest absolute Gasteiger partial charge is 0.422 e. The number of carbonyl (C=O) groups is 2. The number of rotatable bonds is 7. The van der Waals surface area contributed by atoms with Gasteiger partial charge < -0.3 is 15.2 Å². The van der Waals surface area contributed by atoms with Crippen LogP contribution < -0.4 is 10.1 Å². The van der Waals surface area contributed by atoms with Gasteiger partial charge in [-0.25, -0.2) is 4.98 Å². The Labute approximate surface area is 153 Å². The van der Waals surface area contributed by atoms with E-state index in [1.165, 1.54) is 18.2 Å². The maximum atomic E-state index is 12.2. The molecule has 0 aliphatic heterocycles. The number of alkyl halides is 3. The summed E-state index contributed by atoms with van der Waals surface area (Å²) in [5, 5.41) is 11.5. The van der Waals surface area contributed by atoms with Crippen LogP contribution in [0.3, 0.4) is 0 Å². The molecule has 27 heavy (non-hydrogen) atoms. The van der Waals surface area contributed by atoms with Crippen LogP contribution in [-0.2, 0) is 11.2 Å². The number of carbonyl (C=O) groups excluding carboxylic acids is 1. The van der Waals surface area contributed by atoms with Gasteiger partial charge in [0, 0.05) is 11.8 Å². The number of hydrogen-bond acceptors (Lipinski definition) is 4. The molecule has 0 bridgehead atoms. The first kappa shape index (κ1) is 20.2. The topological polar surface area (TPSA) is 88.5 Å². The molecule has 2 N–H and O–H groups in total. The summed E-state index contributed by atoms with van der Waals surface area (Å²) in [4.78, 5) is 26.8. The number of benzene rings is 1. The zero-order valence-electron chi connectivity index (χ0n) is 14.3. The predicted molar refractivity (Wildman–Crippen MR) is 90.7 cm³/mol. The van der Waals surface area contributed by atoms with Crippen LogP contribution in [0.4, 0.5) is 18.9 Å². The van der Waals surface area contributed by atoms with Crippen LogP contribution in [0.1, 0.15) is 23.0 Å². The molecule has 1 aromatic carbocycles. The Morgan fingerprint density at radius 2 is 1.85 bits per heavy atom. The van der Waals surface area contributed by atoms with Gasteiger partial charge in [0.25, 0.3) is 5.91 Å². The monoisotopic (exact) mass is 382 g/mol. The van der Waals surface area contributed by atoms with Crippen LogP contribution in [0.5, 0.6) is 5.88 Å². The van der Waals surface area contributed by atoms with Crippen LogP contribution >= 0.6 is 0 Å². The molecule has 0 fully saturated rings. The summed E-state index contributed by atoms with van der Waals surface area (Å²) in [5.41, 5.74) is 1.14. The van der Waals surface area contributed by atoms with Crippen LogP contribution in [-0.4, -0.2) is 34.8 Å². The predicted octanol–water partition coefficient (Wildman–Crippen LogP) is 3.54. The molecule has 1 atom stereocenters. The SMILES string of the molecule is CC(Cc1ccc(NC(=O)c2cccc(OCC(F)(F)F)n2)cc1)C(=O)O. The number of pyridine rings is 1. The number of ether oxygens (including phenoxy) is 1. The van der Waals surface area contributed by atoms with E-state index >= 15 is 0 Å². The van der Waals surface area contributed by atoms with Crippen molar-refractivity contribution >= 4 is 17.6 Å². The molecule has 0 saturated carbocycles. The van der Waals surface area contributed by atoms with Crippen molar-refractivity contribution < 1.29 is 32.6 Å². The quantitative estimate of drug-likeness (QED) is 0.765. The molecule has 0 saturated heterocycles. The summed E-state index contributed by atoms with van der Waals surface area (Å²) in [5.74, 6) is -2.35. The van der Waals surface area contributed by atoms with Gasteiger partial charge in [0.2, 0.25) is 5.88 Å². The summed E-state index contributed by atoms with van der Waals surface area (Å²) in [6, 6.07) is 10.5. The van der Waals surface area contributed by atoms with Crippen molar-refractivity contribution in [1.82, 2.24) is 4.98 Å². The van der Waals surface area contributed by atoms with Crippen LogP contribution in [0.15, 0.2) is 42.5 Å². The van der Waals surface area contributed by atoms with Gasteiger partial charge >= 0.3 is 12.1 Å². The van der Waals surface area contributed by atoms with Gasteiger partial charge in [-0.2, -0.15) is 13.2 Å². The van der Waals surface area contributed by atoms with E-state index in [9.17, 15) is 22.8 Å². The van der Waals surface area contributed by atoms with E-state index in [0.29, 0.717) is 12.1 Å². The number of aromatic nitrogens is 1. The molecule has 2 rings (SSSR count). The van der Waals surface area contributed by atoms with E-state index in [-0.39, 0.29) is 11.6 Å². The average molecular weight is 382 g/mol. The highest BCUT2D eigenvalue weighted by atomic mass is 19.4. The zero-order valence-corrected chi connectivity index (χ0v) is 14.3. The summed E-state index contributed by atoms with van der Waals surface area (Å²) in [6.45, 7) is 0.0961. The van der Waals surface area contributed by atoms with E-state index < -0.39 is 30.6 Å². The fraction of sp³-hybridized carbons (Fsp3) is 0.278. The van der Waals surface area contributed by atoms with Gasteiger partial charge in [-0.15, -0.1) is 0 Å². The van der Waals surface area contributed by atoms with Crippen molar-refractivity contribution in [3.63, 3.8) is 0 Å². The fourth-order valence-electron chi connectivity index (χ4n) is 2.14. The summed E-state index contributed by atoms with van der Waals surface area (Å²) >= 11 is 0. The van der Waals surface area contributed by atoms with Crippen molar-refractivity contribution in [1.29, 1.82) is 0 Å². The molecule has 6 nitrogen and oxygen atoms in total. The van der Waals surface area contributed by atoms with Crippen molar-refractivity contribution in [3.05, 3.63) is 53.7 Å². The third kappa shape index (κ3) is 6.61. The molecule has 9 heteroatoms. The standard InChI is InChI=1S/C18H17F3N2O4/c1-11(17(25)26)9-12-5-7-13(8-6-12)22-16(24)14-3-2-4-15(23-14)27-10-18(19,20)21/h2-8,11H,9-10H2,1H3,(H,22,24)(H,25,26).